The third-order valence-corrected chi connectivity index (χ3v) is 1.73. The summed E-state index contributed by atoms with van der Waals surface area (Å²) >= 11 is 0. The van der Waals surface area contributed by atoms with Crippen molar-refractivity contribution in [1.29, 1.82) is 0 Å². The summed E-state index contributed by atoms with van der Waals surface area (Å²) in [4.78, 5) is 3.86. The van der Waals surface area contributed by atoms with Crippen LogP contribution in [0.2, 0.25) is 0 Å². The number of nitrogens with zero attached hydrogens (tertiary/aromatic N) is 4. The maximum Gasteiger partial charge on any atom is 0.213 e. The van der Waals surface area contributed by atoms with Crippen molar-refractivity contribution in [2.24, 2.45) is 0 Å². The Morgan fingerprint density at radius 2 is 2.21 bits per heavy atom. The summed E-state index contributed by atoms with van der Waals surface area (Å²) in [6, 6.07) is 0. The third-order valence-electron chi connectivity index (χ3n) is 1.73. The molecule has 2 aromatic heterocycles. The highest BCUT2D eigenvalue weighted by atomic mass is 16.6. The Kier molecular flexibility index (Phi) is 2.50. The van der Waals surface area contributed by atoms with Crippen LogP contribution in [0.3, 0.4) is 0 Å². The van der Waals surface area contributed by atoms with E-state index in [-0.39, 0.29) is 0 Å². The zero-order valence-electron chi connectivity index (χ0n) is 7.60. The van der Waals surface area contributed by atoms with Crippen molar-refractivity contribution < 1.29 is 9.15 Å². The van der Waals surface area contributed by atoms with Crippen LogP contribution < -0.4 is 5.32 Å². The van der Waals surface area contributed by atoms with Crippen LogP contribution in [0.5, 0.6) is 0 Å². The second-order valence-corrected chi connectivity index (χ2v) is 2.75. The number of aromatic nitrogens is 4. The minimum Gasteiger partial charge on any atom is -0.343 e. The molecule has 7 nitrogen and oxygen atoms in total. The van der Waals surface area contributed by atoms with Crippen LogP contribution >= 0.6 is 0 Å². The van der Waals surface area contributed by atoms with Gasteiger partial charge in [0.05, 0.1) is 6.54 Å². The Balaban J connectivity index is 1.81. The molecule has 0 aliphatic carbocycles. The highest BCUT2D eigenvalue weighted by molar-refractivity contribution is 5.03. The predicted octanol–water partition coefficient (Wildman–Crippen LogP) is 0.0508. The second kappa shape index (κ2) is 3.97. The van der Waals surface area contributed by atoms with Crippen LogP contribution in [0.4, 0.5) is 0 Å². The Morgan fingerprint density at radius 3 is 2.86 bits per heavy atom. The van der Waals surface area contributed by atoms with Crippen LogP contribution in [-0.4, -0.2) is 20.5 Å². The fourth-order valence-corrected chi connectivity index (χ4v) is 0.973. The average molecular weight is 195 g/mol. The van der Waals surface area contributed by atoms with Crippen LogP contribution in [0.25, 0.3) is 0 Å². The van der Waals surface area contributed by atoms with Gasteiger partial charge in [0.15, 0.2) is 5.82 Å². The van der Waals surface area contributed by atoms with Gasteiger partial charge in [0, 0.05) is 6.54 Å². The van der Waals surface area contributed by atoms with Crippen molar-refractivity contribution in [1.82, 2.24) is 25.8 Å². The molecule has 74 valence electrons. The maximum atomic E-state index is 4.58. The van der Waals surface area contributed by atoms with E-state index in [4.69, 9.17) is 0 Å². The fraction of sp³-hybridized carbons (Fsp3) is 0.429. The number of hydrogen-bond acceptors (Lipinski definition) is 7. The number of nitrogens with one attached hydrogen (secondary N) is 1. The van der Waals surface area contributed by atoms with Crippen molar-refractivity contribution in [3.63, 3.8) is 0 Å². The highest BCUT2D eigenvalue weighted by Crippen LogP contribution is 1.99. The molecule has 0 bridgehead atoms. The van der Waals surface area contributed by atoms with E-state index >= 15 is 0 Å². The molecule has 0 aliphatic heterocycles. The Morgan fingerprint density at radius 1 is 1.29 bits per heavy atom. The van der Waals surface area contributed by atoms with Gasteiger partial charge in [-0.05, 0) is 6.92 Å². The van der Waals surface area contributed by atoms with E-state index in [1.807, 2.05) is 6.92 Å². The first-order valence-electron chi connectivity index (χ1n) is 4.10. The largest absolute Gasteiger partial charge is 0.343 e. The van der Waals surface area contributed by atoms with Gasteiger partial charge in [-0.15, -0.1) is 0 Å². The number of hydrogen-bond donors (Lipinski definition) is 1. The van der Waals surface area contributed by atoms with Gasteiger partial charge in [-0.2, -0.15) is 4.98 Å². The lowest BCUT2D eigenvalue weighted by molar-refractivity contribution is 0.300. The molecule has 0 aromatic carbocycles. The summed E-state index contributed by atoms with van der Waals surface area (Å²) < 4.78 is 9.12. The summed E-state index contributed by atoms with van der Waals surface area (Å²) in [6.07, 6.45) is 1.29. The first-order chi connectivity index (χ1) is 6.86. The third kappa shape index (κ3) is 1.94. The average Bonchev–Trinajstić information content (AvgIpc) is 2.78. The predicted molar refractivity (Wildman–Crippen MR) is 43.9 cm³/mol. The van der Waals surface area contributed by atoms with Crippen molar-refractivity contribution in [2.45, 2.75) is 20.0 Å². The molecule has 0 spiro atoms. The topological polar surface area (TPSA) is 89.9 Å². The van der Waals surface area contributed by atoms with E-state index in [0.29, 0.717) is 18.9 Å². The lowest BCUT2D eigenvalue weighted by Crippen LogP contribution is -2.14. The molecule has 0 fully saturated rings. The molecule has 14 heavy (non-hydrogen) atoms. The van der Waals surface area contributed by atoms with Crippen LogP contribution in [0.15, 0.2) is 15.5 Å². The Bertz CT molecular complexity index is 382. The van der Waals surface area contributed by atoms with Crippen molar-refractivity contribution in [3.8, 4) is 0 Å². The number of rotatable bonds is 4. The van der Waals surface area contributed by atoms with E-state index < -0.39 is 0 Å². The van der Waals surface area contributed by atoms with Crippen molar-refractivity contribution in [2.75, 3.05) is 0 Å². The highest BCUT2D eigenvalue weighted by Gasteiger charge is 2.04. The van der Waals surface area contributed by atoms with Gasteiger partial charge in [-0.3, -0.25) is 0 Å². The molecule has 0 atom stereocenters. The molecule has 2 aromatic rings. The first kappa shape index (κ1) is 8.82. The monoisotopic (exact) mass is 195 g/mol. The molecule has 0 aliphatic rings. The molecule has 0 amide bonds. The minimum absolute atomic E-state index is 0.531. The van der Waals surface area contributed by atoms with Gasteiger partial charge in [0.1, 0.15) is 11.4 Å². The first-order valence-corrected chi connectivity index (χ1v) is 4.10. The van der Waals surface area contributed by atoms with Gasteiger partial charge >= 0.3 is 0 Å². The molecular weight excluding hydrogens is 186 g/mol. The van der Waals surface area contributed by atoms with Crippen LogP contribution in [-0.2, 0) is 13.1 Å². The summed E-state index contributed by atoms with van der Waals surface area (Å²) in [5.41, 5.74) is 1.57. The molecule has 0 saturated carbocycles. The number of aryl methyl sites for hydroxylation is 1. The van der Waals surface area contributed by atoms with E-state index in [9.17, 15) is 0 Å². The molecular formula is C7H9N5O2. The zero-order chi connectivity index (χ0) is 9.80. The van der Waals surface area contributed by atoms with Crippen molar-refractivity contribution >= 4 is 0 Å². The SMILES string of the molecule is Cc1nonc1CNCc1ncon1. The van der Waals surface area contributed by atoms with Crippen molar-refractivity contribution in [3.05, 3.63) is 23.6 Å². The van der Waals surface area contributed by atoms with E-state index in [0.717, 1.165) is 11.4 Å². The quantitative estimate of drug-likeness (QED) is 0.737. The lowest BCUT2D eigenvalue weighted by atomic mass is 10.3. The van der Waals surface area contributed by atoms with Gasteiger partial charge in [0.2, 0.25) is 6.39 Å². The smallest absolute Gasteiger partial charge is 0.213 e. The molecule has 1 N–H and O–H groups in total. The molecule has 2 rings (SSSR count). The Hall–Kier alpha value is -1.76. The van der Waals surface area contributed by atoms with E-state index in [2.05, 4.69) is 34.9 Å². The van der Waals surface area contributed by atoms with Gasteiger partial charge in [-0.1, -0.05) is 15.5 Å². The van der Waals surface area contributed by atoms with E-state index in [1.165, 1.54) is 6.39 Å². The van der Waals surface area contributed by atoms with E-state index in [1.54, 1.807) is 0 Å². The standard InChI is InChI=1S/C7H9N5O2/c1-5-6(11-14-10-5)2-8-3-7-9-4-13-12-7/h4,8H,2-3H2,1H3. The van der Waals surface area contributed by atoms with Crippen LogP contribution in [0, 0.1) is 6.92 Å². The minimum atomic E-state index is 0.531. The lowest BCUT2D eigenvalue weighted by Gasteiger charge is -1.96. The molecule has 0 unspecified atom stereocenters. The maximum absolute atomic E-state index is 4.58. The fourth-order valence-electron chi connectivity index (χ4n) is 0.973. The molecule has 0 radical (unpaired) electrons. The summed E-state index contributed by atoms with van der Waals surface area (Å²) in [6.45, 7) is 2.94. The zero-order valence-corrected chi connectivity index (χ0v) is 7.60. The van der Waals surface area contributed by atoms with Gasteiger partial charge < -0.3 is 9.84 Å². The van der Waals surface area contributed by atoms with Gasteiger partial charge in [0.25, 0.3) is 0 Å². The molecule has 2 heterocycles. The summed E-state index contributed by atoms with van der Waals surface area (Å²) in [5, 5.41) is 14.1. The molecule has 0 saturated heterocycles. The Labute approximate surface area is 79.5 Å². The van der Waals surface area contributed by atoms with Gasteiger partial charge in [-0.25, -0.2) is 4.63 Å². The second-order valence-electron chi connectivity index (χ2n) is 2.75. The summed E-state index contributed by atoms with van der Waals surface area (Å²) in [7, 11) is 0. The molecule has 7 heteroatoms. The summed E-state index contributed by atoms with van der Waals surface area (Å²) in [5.74, 6) is 0.610. The van der Waals surface area contributed by atoms with Crippen LogP contribution in [0.1, 0.15) is 17.2 Å². The normalized spacial score (nSPS) is 10.6.